The molecule has 28 heavy (non-hydrogen) atoms. The normalized spacial score (nSPS) is 15.4. The average molecular weight is 436 g/mol. The van der Waals surface area contributed by atoms with Gasteiger partial charge in [0.1, 0.15) is 10.7 Å². The Labute approximate surface area is 177 Å². The first-order chi connectivity index (χ1) is 13.6. The van der Waals surface area contributed by atoms with Crippen molar-refractivity contribution >= 4 is 47.8 Å². The lowest BCUT2D eigenvalue weighted by Crippen LogP contribution is -2.27. The number of hydrogen-bond acceptors (Lipinski definition) is 8. The Morgan fingerprint density at radius 2 is 2.14 bits per heavy atom. The van der Waals surface area contributed by atoms with Crippen molar-refractivity contribution in [3.8, 4) is 0 Å². The zero-order valence-corrected chi connectivity index (χ0v) is 17.5. The summed E-state index contributed by atoms with van der Waals surface area (Å²) in [6.45, 7) is 0. The third-order valence-corrected chi connectivity index (χ3v) is 5.56. The monoisotopic (exact) mass is 435 g/mol. The third-order valence-electron chi connectivity index (χ3n) is 4.26. The number of carbonyl (C=O) groups excluding carboxylic acids is 1. The molecule has 2 aromatic heterocycles. The molecule has 1 aliphatic carbocycles. The van der Waals surface area contributed by atoms with E-state index in [0.29, 0.717) is 16.0 Å². The molecule has 1 unspecified atom stereocenters. The van der Waals surface area contributed by atoms with Crippen molar-refractivity contribution in [3.05, 3.63) is 58.0 Å². The Morgan fingerprint density at radius 3 is 2.68 bits per heavy atom. The summed E-state index contributed by atoms with van der Waals surface area (Å²) in [5.41, 5.74) is 1.00. The molecule has 6 nitrogen and oxygen atoms in total. The smallest absolute Gasteiger partial charge is 0.356 e. The molecule has 1 saturated carbocycles. The Kier molecular flexibility index (Phi) is 7.36. The van der Waals surface area contributed by atoms with Gasteiger partial charge in [-0.05, 0) is 54.4 Å². The highest BCUT2D eigenvalue weighted by Gasteiger charge is 2.29. The Balaban J connectivity index is 1.83. The van der Waals surface area contributed by atoms with Crippen molar-refractivity contribution in [3.63, 3.8) is 0 Å². The van der Waals surface area contributed by atoms with Crippen LogP contribution in [0.25, 0.3) is 6.08 Å². The van der Waals surface area contributed by atoms with Gasteiger partial charge in [-0.15, -0.1) is 0 Å². The van der Waals surface area contributed by atoms with Crippen LogP contribution >= 0.6 is 23.4 Å². The number of rotatable bonds is 8. The first kappa shape index (κ1) is 20.7. The average Bonchev–Trinajstić information content (AvgIpc) is 2.67. The molecule has 146 valence electrons. The molecule has 0 aromatic carbocycles. The standard InChI is InChI=1S/C19H18ClN3O3S2/c1-25-19(24)15-7-5-12(10-21-15)9-17(26-18(23-27)13-3-2-4-13)28-16-8-6-14(20)11-22-16/h5-11,13,18H,2-4H2,1H3. The predicted octanol–water partition coefficient (Wildman–Crippen LogP) is 4.88. The lowest BCUT2D eigenvalue weighted by Gasteiger charge is -2.30. The van der Waals surface area contributed by atoms with Gasteiger partial charge in [0.25, 0.3) is 0 Å². The molecule has 0 aliphatic heterocycles. The van der Waals surface area contributed by atoms with Crippen LogP contribution in [-0.2, 0) is 21.9 Å². The van der Waals surface area contributed by atoms with Crippen LogP contribution in [-0.4, -0.2) is 29.3 Å². The maximum Gasteiger partial charge on any atom is 0.356 e. The minimum absolute atomic E-state index is 0.238. The van der Waals surface area contributed by atoms with Crippen LogP contribution < -0.4 is 0 Å². The van der Waals surface area contributed by atoms with Crippen LogP contribution in [0.1, 0.15) is 35.3 Å². The van der Waals surface area contributed by atoms with E-state index in [4.69, 9.17) is 28.8 Å². The number of halogens is 1. The second-order valence-electron chi connectivity index (χ2n) is 6.15. The third kappa shape index (κ3) is 5.50. The minimum atomic E-state index is -0.485. The summed E-state index contributed by atoms with van der Waals surface area (Å²) in [5, 5.41) is 1.88. The fraction of sp³-hybridized carbons (Fsp3) is 0.316. The van der Waals surface area contributed by atoms with Crippen molar-refractivity contribution < 1.29 is 14.3 Å². The Bertz CT molecular complexity index is 856. The van der Waals surface area contributed by atoms with Gasteiger partial charge in [0.05, 0.1) is 12.1 Å². The Hall–Kier alpha value is -2.03. The maximum atomic E-state index is 11.5. The zero-order chi connectivity index (χ0) is 19.9. The van der Waals surface area contributed by atoms with Gasteiger partial charge in [-0.3, -0.25) is 0 Å². The first-order valence-corrected chi connectivity index (χ1v) is 10.2. The van der Waals surface area contributed by atoms with Gasteiger partial charge >= 0.3 is 5.97 Å². The number of aromatic nitrogens is 2. The predicted molar refractivity (Wildman–Crippen MR) is 111 cm³/mol. The minimum Gasteiger partial charge on any atom is -0.464 e. The van der Waals surface area contributed by atoms with Gasteiger partial charge in [-0.1, -0.05) is 24.1 Å². The molecule has 1 atom stereocenters. The van der Waals surface area contributed by atoms with Crippen LogP contribution in [0.2, 0.25) is 5.02 Å². The molecule has 0 saturated heterocycles. The molecule has 0 spiro atoms. The van der Waals surface area contributed by atoms with Crippen LogP contribution in [0.4, 0.5) is 0 Å². The quantitative estimate of drug-likeness (QED) is 0.332. The fourth-order valence-corrected chi connectivity index (χ4v) is 3.63. The number of thioether (sulfide) groups is 1. The van der Waals surface area contributed by atoms with Gasteiger partial charge in [0.2, 0.25) is 6.23 Å². The van der Waals surface area contributed by atoms with E-state index < -0.39 is 5.97 Å². The van der Waals surface area contributed by atoms with Crippen LogP contribution in [0, 0.1) is 5.92 Å². The number of carbonyl (C=O) groups is 1. The number of esters is 1. The molecule has 2 heterocycles. The SMILES string of the molecule is COC(=O)c1ccc(C=C(OC(N=S)C2CCC2)Sc2ccc(Cl)cn2)cn1. The van der Waals surface area contributed by atoms with E-state index in [0.717, 1.165) is 23.4 Å². The van der Waals surface area contributed by atoms with E-state index in [2.05, 4.69) is 19.1 Å². The first-order valence-electron chi connectivity index (χ1n) is 8.63. The highest BCUT2D eigenvalue weighted by molar-refractivity contribution is 8.03. The molecule has 0 radical (unpaired) electrons. The van der Waals surface area contributed by atoms with Crippen molar-refractivity contribution in [2.75, 3.05) is 7.11 Å². The van der Waals surface area contributed by atoms with E-state index in [9.17, 15) is 4.79 Å². The summed E-state index contributed by atoms with van der Waals surface area (Å²) < 4.78 is 14.8. The number of methoxy groups -OCH3 is 1. The van der Waals surface area contributed by atoms with Crippen molar-refractivity contribution in [1.82, 2.24) is 9.97 Å². The van der Waals surface area contributed by atoms with Crippen molar-refractivity contribution in [2.24, 2.45) is 10.3 Å². The summed E-state index contributed by atoms with van der Waals surface area (Å²) in [5.74, 6) is -0.152. The maximum absolute atomic E-state index is 11.5. The second-order valence-corrected chi connectivity index (χ2v) is 7.83. The van der Waals surface area contributed by atoms with Gasteiger partial charge in [-0.2, -0.15) is 4.36 Å². The van der Waals surface area contributed by atoms with Gasteiger partial charge in [-0.25, -0.2) is 14.8 Å². The largest absolute Gasteiger partial charge is 0.464 e. The fourth-order valence-electron chi connectivity index (χ4n) is 2.51. The number of pyridine rings is 2. The summed E-state index contributed by atoms with van der Waals surface area (Å²) in [6.07, 6.45) is 7.87. The van der Waals surface area contributed by atoms with E-state index in [-0.39, 0.29) is 11.9 Å². The lowest BCUT2D eigenvalue weighted by molar-refractivity contribution is 0.0515. The molecule has 1 fully saturated rings. The van der Waals surface area contributed by atoms with Crippen molar-refractivity contribution in [1.29, 1.82) is 0 Å². The molecule has 0 amide bonds. The van der Waals surface area contributed by atoms with Gasteiger partial charge in [0.15, 0.2) is 5.09 Å². The molecule has 0 N–H and O–H groups in total. The van der Waals surface area contributed by atoms with E-state index >= 15 is 0 Å². The topological polar surface area (TPSA) is 73.7 Å². The van der Waals surface area contributed by atoms with Gasteiger partial charge < -0.3 is 9.47 Å². The molecular formula is C19H18ClN3O3S2. The molecule has 9 heteroatoms. The van der Waals surface area contributed by atoms with E-state index in [1.807, 2.05) is 12.1 Å². The van der Waals surface area contributed by atoms with Crippen molar-refractivity contribution in [2.45, 2.75) is 30.5 Å². The van der Waals surface area contributed by atoms with Crippen LogP contribution in [0.5, 0.6) is 0 Å². The molecule has 0 bridgehead atoms. The molecule has 1 aliphatic rings. The number of ether oxygens (including phenoxy) is 2. The Morgan fingerprint density at radius 1 is 1.32 bits per heavy atom. The summed E-state index contributed by atoms with van der Waals surface area (Å²) in [6, 6.07) is 6.94. The van der Waals surface area contributed by atoms with E-state index in [1.165, 1.54) is 25.3 Å². The zero-order valence-electron chi connectivity index (χ0n) is 15.1. The molecule has 3 rings (SSSR count). The lowest BCUT2D eigenvalue weighted by atomic mass is 9.84. The second kappa shape index (κ2) is 9.95. The molecular weight excluding hydrogens is 418 g/mol. The number of nitrogens with zero attached hydrogens (tertiary/aromatic N) is 3. The summed E-state index contributed by atoms with van der Waals surface area (Å²) in [7, 11) is 1.32. The highest BCUT2D eigenvalue weighted by Crippen LogP contribution is 2.36. The van der Waals surface area contributed by atoms with Crippen LogP contribution in [0.15, 0.2) is 51.1 Å². The summed E-state index contributed by atoms with van der Waals surface area (Å²) >= 11 is 12.2. The summed E-state index contributed by atoms with van der Waals surface area (Å²) in [4.78, 5) is 20.0. The molecule has 2 aromatic rings. The van der Waals surface area contributed by atoms with Crippen LogP contribution in [0.3, 0.4) is 0 Å². The van der Waals surface area contributed by atoms with Gasteiger partial charge in [0, 0.05) is 30.7 Å². The van der Waals surface area contributed by atoms with E-state index in [1.54, 1.807) is 30.6 Å². The number of hydrogen-bond donors (Lipinski definition) is 0. The highest BCUT2D eigenvalue weighted by atomic mass is 35.5.